The largest absolute Gasteiger partial charge is 0.497 e. The van der Waals surface area contributed by atoms with Gasteiger partial charge in [-0.15, -0.1) is 16.4 Å². The van der Waals surface area contributed by atoms with Crippen molar-refractivity contribution in [3.8, 4) is 17.0 Å². The van der Waals surface area contributed by atoms with Gasteiger partial charge in [0.15, 0.2) is 0 Å². The van der Waals surface area contributed by atoms with E-state index in [0.29, 0.717) is 5.76 Å². The molecule has 0 N–H and O–H groups in total. The Morgan fingerprint density at radius 1 is 1.26 bits per heavy atom. The minimum atomic E-state index is 0.684. The van der Waals surface area contributed by atoms with Crippen LogP contribution in [0.1, 0.15) is 12.7 Å². The number of hydrogen-bond acceptors (Lipinski definition) is 5. The zero-order chi connectivity index (χ0) is 16.1. The molecule has 0 aliphatic carbocycles. The summed E-state index contributed by atoms with van der Waals surface area (Å²) in [5.41, 5.74) is 2.24. The van der Waals surface area contributed by atoms with Gasteiger partial charge in [-0.2, -0.15) is 5.10 Å². The van der Waals surface area contributed by atoms with Gasteiger partial charge in [-0.25, -0.2) is 0 Å². The predicted octanol–water partition coefficient (Wildman–Crippen LogP) is 3.77. The molecule has 0 spiro atoms. The van der Waals surface area contributed by atoms with Crippen LogP contribution < -0.4 is 9.54 Å². The minimum Gasteiger partial charge on any atom is -0.497 e. The number of methoxy groups -OCH3 is 1. The Kier molecular flexibility index (Phi) is 4.73. The first-order valence-electron chi connectivity index (χ1n) is 7.25. The molecule has 3 rings (SSSR count). The first-order chi connectivity index (χ1) is 11.3. The molecule has 0 atom stereocenters. The molecule has 118 valence electrons. The predicted molar refractivity (Wildman–Crippen MR) is 91.8 cm³/mol. The van der Waals surface area contributed by atoms with Crippen LogP contribution in [0, 0.1) is 0 Å². The summed E-state index contributed by atoms with van der Waals surface area (Å²) in [7, 11) is 1.67. The zero-order valence-electron chi connectivity index (χ0n) is 13.0. The molecule has 0 amide bonds. The highest BCUT2D eigenvalue weighted by atomic mass is 32.1. The molecule has 0 saturated carbocycles. The maximum atomic E-state index is 5.20. The molecule has 0 unspecified atom stereocenters. The third-order valence-electron chi connectivity index (χ3n) is 3.37. The Labute approximate surface area is 138 Å². The molecule has 23 heavy (non-hydrogen) atoms. The van der Waals surface area contributed by atoms with Crippen molar-refractivity contribution in [1.29, 1.82) is 0 Å². The van der Waals surface area contributed by atoms with Crippen molar-refractivity contribution in [3.63, 3.8) is 0 Å². The van der Waals surface area contributed by atoms with Gasteiger partial charge >= 0.3 is 0 Å². The Bertz CT molecular complexity index is 843. The van der Waals surface area contributed by atoms with E-state index in [4.69, 9.17) is 9.15 Å². The molecular weight excluding hydrogens is 310 g/mol. The molecule has 0 fully saturated rings. The number of nitrogens with zero attached hydrogens (tertiary/aromatic N) is 3. The minimum absolute atomic E-state index is 0.684. The van der Waals surface area contributed by atoms with Crippen molar-refractivity contribution in [2.24, 2.45) is 10.2 Å². The van der Waals surface area contributed by atoms with E-state index in [9.17, 15) is 0 Å². The Morgan fingerprint density at radius 2 is 2.09 bits per heavy atom. The molecule has 0 radical (unpaired) electrons. The number of aromatic nitrogens is 1. The summed E-state index contributed by atoms with van der Waals surface area (Å²) >= 11 is 1.56. The van der Waals surface area contributed by atoms with Gasteiger partial charge < -0.3 is 13.7 Å². The summed E-state index contributed by atoms with van der Waals surface area (Å²) in [4.78, 5) is 0.848. The van der Waals surface area contributed by atoms with Crippen LogP contribution in [0.4, 0.5) is 0 Å². The summed E-state index contributed by atoms with van der Waals surface area (Å²) in [6.45, 7) is 2.91. The van der Waals surface area contributed by atoms with Crippen LogP contribution >= 0.6 is 11.3 Å². The van der Waals surface area contributed by atoms with Gasteiger partial charge in [0.1, 0.15) is 11.5 Å². The summed E-state index contributed by atoms with van der Waals surface area (Å²) in [6, 6.07) is 11.7. The van der Waals surface area contributed by atoms with Crippen LogP contribution in [-0.2, 0) is 6.54 Å². The first-order valence-corrected chi connectivity index (χ1v) is 8.13. The fourth-order valence-electron chi connectivity index (χ4n) is 2.21. The summed E-state index contributed by atoms with van der Waals surface area (Å²) in [5.74, 6) is 1.53. The highest BCUT2D eigenvalue weighted by molar-refractivity contribution is 7.07. The Hall–Kier alpha value is -2.60. The summed E-state index contributed by atoms with van der Waals surface area (Å²) in [6.07, 6.45) is 3.22. The number of hydrogen-bond donors (Lipinski definition) is 0. The van der Waals surface area contributed by atoms with E-state index >= 15 is 0 Å². The molecule has 0 aliphatic rings. The van der Waals surface area contributed by atoms with Crippen LogP contribution in [0.5, 0.6) is 5.75 Å². The van der Waals surface area contributed by atoms with Crippen LogP contribution in [-0.4, -0.2) is 17.9 Å². The van der Waals surface area contributed by atoms with Gasteiger partial charge in [0.05, 0.1) is 25.3 Å². The average Bonchev–Trinajstić information content (AvgIpc) is 3.24. The van der Waals surface area contributed by atoms with Crippen LogP contribution in [0.3, 0.4) is 0 Å². The van der Waals surface area contributed by atoms with E-state index < -0.39 is 0 Å². The second kappa shape index (κ2) is 7.11. The van der Waals surface area contributed by atoms with Crippen molar-refractivity contribution in [2.45, 2.75) is 13.5 Å². The SMILES string of the molecule is CCn1c(-c2ccc(OC)cc2)cs/c1=N\N=C/c1ccco1. The normalized spacial score (nSPS) is 12.2. The second-order valence-corrected chi connectivity index (χ2v) is 5.57. The van der Waals surface area contributed by atoms with Crippen molar-refractivity contribution in [2.75, 3.05) is 7.11 Å². The monoisotopic (exact) mass is 327 g/mol. The molecule has 5 nitrogen and oxygen atoms in total. The molecular formula is C17H17N3O2S. The molecule has 6 heteroatoms. The second-order valence-electron chi connectivity index (χ2n) is 4.74. The molecule has 0 aliphatic heterocycles. The van der Waals surface area contributed by atoms with Gasteiger partial charge in [-0.05, 0) is 48.9 Å². The van der Waals surface area contributed by atoms with E-state index in [1.165, 1.54) is 0 Å². The van der Waals surface area contributed by atoms with Crippen molar-refractivity contribution in [3.05, 3.63) is 58.6 Å². The smallest absolute Gasteiger partial charge is 0.211 e. The molecule has 2 aromatic heterocycles. The fourth-order valence-corrected chi connectivity index (χ4v) is 3.14. The summed E-state index contributed by atoms with van der Waals surface area (Å²) < 4.78 is 12.5. The number of benzene rings is 1. The zero-order valence-corrected chi connectivity index (χ0v) is 13.8. The van der Waals surface area contributed by atoms with Crippen molar-refractivity contribution < 1.29 is 9.15 Å². The molecule has 0 saturated heterocycles. The Balaban J connectivity index is 1.92. The molecule has 3 aromatic rings. The lowest BCUT2D eigenvalue weighted by Gasteiger charge is -2.06. The lowest BCUT2D eigenvalue weighted by molar-refractivity contribution is 0.415. The number of ether oxygens (including phenoxy) is 1. The van der Waals surface area contributed by atoms with Gasteiger partial charge in [0.25, 0.3) is 0 Å². The number of furan rings is 1. The molecule has 2 heterocycles. The van der Waals surface area contributed by atoms with Crippen molar-refractivity contribution >= 4 is 17.6 Å². The van der Waals surface area contributed by atoms with E-state index in [-0.39, 0.29) is 0 Å². The third-order valence-corrected chi connectivity index (χ3v) is 4.23. The highest BCUT2D eigenvalue weighted by Gasteiger charge is 2.06. The average molecular weight is 327 g/mol. The molecule has 1 aromatic carbocycles. The van der Waals surface area contributed by atoms with E-state index in [2.05, 4.69) is 27.1 Å². The maximum Gasteiger partial charge on any atom is 0.211 e. The van der Waals surface area contributed by atoms with E-state index in [1.807, 2.05) is 36.4 Å². The van der Waals surface area contributed by atoms with Crippen molar-refractivity contribution in [1.82, 2.24) is 4.57 Å². The number of thiazole rings is 1. The van der Waals surface area contributed by atoms with E-state index in [0.717, 1.165) is 28.4 Å². The summed E-state index contributed by atoms with van der Waals surface area (Å²) in [5, 5.41) is 10.5. The maximum absolute atomic E-state index is 5.20. The standard InChI is InChI=1S/C17H17N3O2S/c1-3-20-16(13-6-8-14(21-2)9-7-13)12-23-17(20)19-18-11-15-5-4-10-22-15/h4-12H,3H2,1-2H3/b18-11-,19-17-. The highest BCUT2D eigenvalue weighted by Crippen LogP contribution is 2.22. The van der Waals surface area contributed by atoms with Gasteiger partial charge in [0.2, 0.25) is 4.80 Å². The Morgan fingerprint density at radius 3 is 2.74 bits per heavy atom. The fraction of sp³-hybridized carbons (Fsp3) is 0.176. The number of rotatable bonds is 5. The third kappa shape index (κ3) is 3.43. The lowest BCUT2D eigenvalue weighted by Crippen LogP contribution is -2.14. The van der Waals surface area contributed by atoms with E-state index in [1.54, 1.807) is 30.9 Å². The quantitative estimate of drug-likeness (QED) is 0.529. The lowest BCUT2D eigenvalue weighted by atomic mass is 10.1. The topological polar surface area (TPSA) is 52.0 Å². The van der Waals surface area contributed by atoms with Crippen LogP contribution in [0.15, 0.2) is 62.7 Å². The molecule has 0 bridgehead atoms. The van der Waals surface area contributed by atoms with Crippen LogP contribution in [0.25, 0.3) is 11.3 Å². The first kappa shape index (κ1) is 15.3. The van der Waals surface area contributed by atoms with Gasteiger partial charge in [0, 0.05) is 11.9 Å². The van der Waals surface area contributed by atoms with Gasteiger partial charge in [-0.3, -0.25) is 0 Å². The van der Waals surface area contributed by atoms with Crippen LogP contribution in [0.2, 0.25) is 0 Å². The van der Waals surface area contributed by atoms with Gasteiger partial charge in [-0.1, -0.05) is 0 Å².